The third kappa shape index (κ3) is 4.95. The Bertz CT molecular complexity index is 1180. The third-order valence-corrected chi connectivity index (χ3v) is 6.23. The highest BCUT2D eigenvalue weighted by Crippen LogP contribution is 2.36. The fourth-order valence-corrected chi connectivity index (χ4v) is 4.46. The first kappa shape index (κ1) is 20.6. The summed E-state index contributed by atoms with van der Waals surface area (Å²) in [6, 6.07) is 18.6. The van der Waals surface area contributed by atoms with Gasteiger partial charge >= 0.3 is 0 Å². The second kappa shape index (κ2) is 9.46. The summed E-state index contributed by atoms with van der Waals surface area (Å²) < 4.78 is 24.2. The molecule has 3 heterocycles. The molecule has 0 spiro atoms. The number of nitrogens with zero attached hydrogens (tertiary/aromatic N) is 3. The van der Waals surface area contributed by atoms with Gasteiger partial charge in [0.2, 0.25) is 6.79 Å². The van der Waals surface area contributed by atoms with E-state index in [-0.39, 0.29) is 12.6 Å². The topological polar surface area (TPSA) is 47.5 Å². The molecular formula is C25H22FN3O2S. The van der Waals surface area contributed by atoms with Crippen molar-refractivity contribution >= 4 is 11.3 Å². The van der Waals surface area contributed by atoms with Gasteiger partial charge < -0.3 is 9.47 Å². The van der Waals surface area contributed by atoms with Crippen LogP contribution in [0.15, 0.2) is 72.2 Å². The first-order chi connectivity index (χ1) is 15.7. The number of fused-ring (bicyclic) bond motifs is 1. The molecule has 0 radical (unpaired) electrons. The van der Waals surface area contributed by atoms with Crippen LogP contribution in [0.2, 0.25) is 0 Å². The number of ether oxygens (including phenoxy) is 2. The Labute approximate surface area is 190 Å². The monoisotopic (exact) mass is 447 g/mol. The van der Waals surface area contributed by atoms with Gasteiger partial charge in [0, 0.05) is 48.9 Å². The van der Waals surface area contributed by atoms with E-state index in [2.05, 4.69) is 15.3 Å². The van der Waals surface area contributed by atoms with Crippen LogP contribution in [0.3, 0.4) is 0 Å². The Morgan fingerprint density at radius 2 is 1.81 bits per heavy atom. The minimum absolute atomic E-state index is 0.221. The molecule has 0 bridgehead atoms. The first-order valence-electron chi connectivity index (χ1n) is 10.4. The van der Waals surface area contributed by atoms with E-state index in [9.17, 15) is 4.39 Å². The summed E-state index contributed by atoms with van der Waals surface area (Å²) in [5.41, 5.74) is 4.14. The number of pyridine rings is 1. The molecule has 2 aromatic carbocycles. The van der Waals surface area contributed by atoms with Crippen LogP contribution in [0.5, 0.6) is 11.5 Å². The van der Waals surface area contributed by atoms with Crippen molar-refractivity contribution < 1.29 is 13.9 Å². The van der Waals surface area contributed by atoms with E-state index in [1.54, 1.807) is 11.3 Å². The summed E-state index contributed by atoms with van der Waals surface area (Å²) in [5, 5.41) is 3.04. The van der Waals surface area contributed by atoms with E-state index in [0.29, 0.717) is 13.1 Å². The van der Waals surface area contributed by atoms with E-state index in [0.717, 1.165) is 52.0 Å². The number of hydrogen-bond donors (Lipinski definition) is 0. The second-order valence-corrected chi connectivity index (χ2v) is 8.48. The van der Waals surface area contributed by atoms with Crippen LogP contribution in [0.25, 0.3) is 10.6 Å². The van der Waals surface area contributed by atoms with Gasteiger partial charge in [-0.3, -0.25) is 9.88 Å². The molecule has 0 N–H and O–H groups in total. The molecule has 162 valence electrons. The Balaban J connectivity index is 1.31. The number of aromatic nitrogens is 2. The maximum absolute atomic E-state index is 13.3. The molecule has 0 aliphatic carbocycles. The molecule has 1 aliphatic heterocycles. The molecule has 0 saturated carbocycles. The molecule has 5 rings (SSSR count). The second-order valence-electron chi connectivity index (χ2n) is 7.62. The van der Waals surface area contributed by atoms with E-state index in [1.807, 2.05) is 54.7 Å². The van der Waals surface area contributed by atoms with Crippen LogP contribution in [0.1, 0.15) is 17.0 Å². The van der Waals surface area contributed by atoms with Crippen molar-refractivity contribution in [2.75, 3.05) is 13.3 Å². The Kier molecular flexibility index (Phi) is 6.09. The largest absolute Gasteiger partial charge is 0.454 e. The Morgan fingerprint density at radius 1 is 0.938 bits per heavy atom. The lowest BCUT2D eigenvalue weighted by Crippen LogP contribution is -2.25. The fourth-order valence-electron chi connectivity index (χ4n) is 3.65. The average Bonchev–Trinajstić information content (AvgIpc) is 3.48. The summed E-state index contributed by atoms with van der Waals surface area (Å²) in [6.45, 7) is 2.50. The highest BCUT2D eigenvalue weighted by molar-refractivity contribution is 7.13. The van der Waals surface area contributed by atoms with Gasteiger partial charge in [-0.05, 0) is 48.0 Å². The van der Waals surface area contributed by atoms with Gasteiger partial charge in [-0.2, -0.15) is 0 Å². The fraction of sp³-hybridized carbons (Fsp3) is 0.200. The Morgan fingerprint density at radius 3 is 2.66 bits per heavy atom. The lowest BCUT2D eigenvalue weighted by Gasteiger charge is -2.21. The van der Waals surface area contributed by atoms with Gasteiger partial charge in [0.15, 0.2) is 11.5 Å². The van der Waals surface area contributed by atoms with Gasteiger partial charge in [0.25, 0.3) is 0 Å². The van der Waals surface area contributed by atoms with E-state index < -0.39 is 0 Å². The van der Waals surface area contributed by atoms with Crippen molar-refractivity contribution in [1.82, 2.24) is 14.9 Å². The number of halogens is 1. The molecule has 32 heavy (non-hydrogen) atoms. The molecule has 4 aromatic rings. The molecule has 0 saturated heterocycles. The average molecular weight is 448 g/mol. The number of rotatable bonds is 8. The van der Waals surface area contributed by atoms with E-state index in [4.69, 9.17) is 14.5 Å². The smallest absolute Gasteiger partial charge is 0.231 e. The van der Waals surface area contributed by atoms with E-state index >= 15 is 0 Å². The molecule has 2 aromatic heterocycles. The molecule has 1 aliphatic rings. The van der Waals surface area contributed by atoms with Crippen molar-refractivity contribution in [2.24, 2.45) is 0 Å². The van der Waals surface area contributed by atoms with Crippen molar-refractivity contribution in [2.45, 2.75) is 19.5 Å². The maximum atomic E-state index is 13.3. The zero-order chi connectivity index (χ0) is 21.8. The normalized spacial score (nSPS) is 12.4. The highest BCUT2D eigenvalue weighted by Gasteiger charge is 2.16. The molecular weight excluding hydrogens is 425 g/mol. The van der Waals surface area contributed by atoms with Crippen molar-refractivity contribution in [3.63, 3.8) is 0 Å². The zero-order valence-corrected chi connectivity index (χ0v) is 18.2. The summed E-state index contributed by atoms with van der Waals surface area (Å²) in [4.78, 5) is 11.6. The quantitative estimate of drug-likeness (QED) is 0.366. The predicted octanol–water partition coefficient (Wildman–Crippen LogP) is 5.32. The number of hydrogen-bond acceptors (Lipinski definition) is 6. The minimum atomic E-state index is -0.221. The van der Waals surface area contributed by atoms with E-state index in [1.165, 1.54) is 12.1 Å². The standard InChI is InChI=1S/C25H22FN3O2S/c26-20-7-4-18(5-8-20)14-29(12-10-21-3-1-2-11-27-21)15-22-16-32-25(28-22)19-6-9-23-24(13-19)31-17-30-23/h1-9,11,13,16H,10,12,14-15,17H2. The minimum Gasteiger partial charge on any atom is -0.454 e. The molecule has 7 heteroatoms. The summed E-state index contributed by atoms with van der Waals surface area (Å²) in [6.07, 6.45) is 2.65. The van der Waals surface area contributed by atoms with Gasteiger partial charge in [0.05, 0.1) is 5.69 Å². The molecule has 5 nitrogen and oxygen atoms in total. The first-order valence-corrected chi connectivity index (χ1v) is 11.3. The maximum Gasteiger partial charge on any atom is 0.231 e. The lowest BCUT2D eigenvalue weighted by molar-refractivity contribution is 0.174. The third-order valence-electron chi connectivity index (χ3n) is 5.29. The SMILES string of the molecule is Fc1ccc(CN(CCc2ccccn2)Cc2csc(-c3ccc4c(c3)OCO4)n2)cc1. The predicted molar refractivity (Wildman–Crippen MR) is 122 cm³/mol. The highest BCUT2D eigenvalue weighted by atomic mass is 32.1. The van der Waals surface area contributed by atoms with Crippen LogP contribution >= 0.6 is 11.3 Å². The van der Waals surface area contributed by atoms with Gasteiger partial charge in [-0.1, -0.05) is 18.2 Å². The van der Waals surface area contributed by atoms with Gasteiger partial charge in [-0.15, -0.1) is 11.3 Å². The molecule has 0 atom stereocenters. The molecule has 0 unspecified atom stereocenters. The summed E-state index contributed by atoms with van der Waals surface area (Å²) in [5.74, 6) is 1.31. The Hall–Kier alpha value is -3.29. The van der Waals surface area contributed by atoms with Gasteiger partial charge in [0.1, 0.15) is 10.8 Å². The zero-order valence-electron chi connectivity index (χ0n) is 17.4. The van der Waals surface area contributed by atoms with Gasteiger partial charge in [-0.25, -0.2) is 9.37 Å². The van der Waals surface area contributed by atoms with Crippen LogP contribution in [0.4, 0.5) is 4.39 Å². The molecule has 0 amide bonds. The van der Waals surface area contributed by atoms with Crippen molar-refractivity contribution in [3.8, 4) is 22.1 Å². The van der Waals surface area contributed by atoms with Crippen molar-refractivity contribution in [1.29, 1.82) is 0 Å². The van der Waals surface area contributed by atoms with Crippen LogP contribution in [-0.4, -0.2) is 28.2 Å². The lowest BCUT2D eigenvalue weighted by atomic mass is 10.2. The van der Waals surface area contributed by atoms with Crippen molar-refractivity contribution in [3.05, 3.63) is 95.0 Å². The number of benzene rings is 2. The summed E-state index contributed by atoms with van der Waals surface area (Å²) in [7, 11) is 0. The van der Waals surface area contributed by atoms with Crippen LogP contribution in [-0.2, 0) is 19.5 Å². The van der Waals surface area contributed by atoms with Crippen LogP contribution < -0.4 is 9.47 Å². The number of thiazole rings is 1. The van der Waals surface area contributed by atoms with Crippen LogP contribution in [0, 0.1) is 5.82 Å². The summed E-state index contributed by atoms with van der Waals surface area (Å²) >= 11 is 1.62. The molecule has 0 fully saturated rings.